The fourth-order valence-electron chi connectivity index (χ4n) is 3.35. The van der Waals surface area contributed by atoms with Crippen LogP contribution in [0.5, 0.6) is 0 Å². The molecule has 0 N–H and O–H groups in total. The molecule has 1 aromatic heterocycles. The van der Waals surface area contributed by atoms with Crippen LogP contribution in [0.15, 0.2) is 82.3 Å². The zero-order chi connectivity index (χ0) is 21.8. The van der Waals surface area contributed by atoms with E-state index in [-0.39, 0.29) is 5.97 Å². The van der Waals surface area contributed by atoms with E-state index < -0.39 is 0 Å². The number of fused-ring (bicyclic) bond motifs is 1. The van der Waals surface area contributed by atoms with Crippen molar-refractivity contribution in [2.24, 2.45) is 0 Å². The molecule has 0 aliphatic heterocycles. The number of ether oxygens (including phenoxy) is 1. The van der Waals surface area contributed by atoms with Crippen LogP contribution in [0.3, 0.4) is 0 Å². The second-order valence-electron chi connectivity index (χ2n) is 6.85. The van der Waals surface area contributed by atoms with Gasteiger partial charge in [-0.15, -0.1) is 11.8 Å². The smallest absolute Gasteiger partial charge is 0.340 e. The number of nitrogens with zero attached hydrogens (tertiary/aromatic N) is 1. The molecule has 0 saturated heterocycles. The van der Waals surface area contributed by atoms with Crippen molar-refractivity contribution in [3.8, 4) is 11.3 Å². The van der Waals surface area contributed by atoms with Crippen LogP contribution in [-0.4, -0.2) is 17.6 Å². The number of hydrogen-bond donors (Lipinski definition) is 0. The van der Waals surface area contributed by atoms with Crippen molar-refractivity contribution in [1.82, 2.24) is 4.98 Å². The van der Waals surface area contributed by atoms with E-state index in [9.17, 15) is 4.79 Å². The molecule has 1 heterocycles. The van der Waals surface area contributed by atoms with Crippen LogP contribution in [0.25, 0.3) is 22.0 Å². The summed E-state index contributed by atoms with van der Waals surface area (Å²) < 4.78 is 6.00. The largest absolute Gasteiger partial charge is 0.462 e. The molecule has 0 radical (unpaired) electrons. The molecule has 0 amide bonds. The summed E-state index contributed by atoms with van der Waals surface area (Å²) in [5.74, 6) is 0.399. The summed E-state index contributed by atoms with van der Waals surface area (Å²) in [7, 11) is 0. The van der Waals surface area contributed by atoms with Gasteiger partial charge in [-0.05, 0) is 64.1 Å². The molecule has 0 spiro atoms. The van der Waals surface area contributed by atoms with Crippen LogP contribution >= 0.6 is 39.3 Å². The second-order valence-corrected chi connectivity index (χ2v) is 9.16. The molecular formula is C25H19BrClNO2S. The van der Waals surface area contributed by atoms with Gasteiger partial charge in [-0.2, -0.15) is 0 Å². The third kappa shape index (κ3) is 4.95. The van der Waals surface area contributed by atoms with Gasteiger partial charge in [0.25, 0.3) is 0 Å². The highest BCUT2D eigenvalue weighted by Crippen LogP contribution is 2.38. The number of thioether (sulfide) groups is 1. The van der Waals surface area contributed by atoms with E-state index in [2.05, 4.69) is 33.0 Å². The standard InChI is InChI=1S/C25H19BrClNO2S/c1-2-30-25(29)23-21(26)13-18(14-22(23)31-15-16-6-4-3-5-7-16)24-20-9-8-19(27)12-17(20)10-11-28-24/h3-14H,2,15H2,1H3. The van der Waals surface area contributed by atoms with E-state index in [1.165, 1.54) is 5.56 Å². The Kier molecular flexibility index (Phi) is 6.96. The Morgan fingerprint density at radius 2 is 1.90 bits per heavy atom. The first kappa shape index (κ1) is 21.9. The Morgan fingerprint density at radius 1 is 1.10 bits per heavy atom. The Balaban J connectivity index is 1.81. The molecule has 0 aliphatic rings. The third-order valence-electron chi connectivity index (χ3n) is 4.77. The highest BCUT2D eigenvalue weighted by Gasteiger charge is 2.20. The number of halogens is 2. The van der Waals surface area contributed by atoms with E-state index >= 15 is 0 Å². The van der Waals surface area contributed by atoms with Crippen LogP contribution in [0.2, 0.25) is 5.02 Å². The van der Waals surface area contributed by atoms with Crippen molar-refractivity contribution in [2.45, 2.75) is 17.6 Å². The fourth-order valence-corrected chi connectivity index (χ4v) is 5.34. The van der Waals surface area contributed by atoms with Crippen LogP contribution in [-0.2, 0) is 10.5 Å². The molecule has 0 unspecified atom stereocenters. The number of pyridine rings is 1. The summed E-state index contributed by atoms with van der Waals surface area (Å²) in [5.41, 5.74) is 3.48. The van der Waals surface area contributed by atoms with Gasteiger partial charge in [0.2, 0.25) is 0 Å². The molecular weight excluding hydrogens is 494 g/mol. The van der Waals surface area contributed by atoms with Crippen LogP contribution in [0.1, 0.15) is 22.8 Å². The lowest BCUT2D eigenvalue weighted by Crippen LogP contribution is -2.08. The molecule has 0 saturated carbocycles. The van der Waals surface area contributed by atoms with Crippen LogP contribution in [0, 0.1) is 0 Å². The topological polar surface area (TPSA) is 39.2 Å². The second kappa shape index (κ2) is 9.86. The summed E-state index contributed by atoms with van der Waals surface area (Å²) >= 11 is 11.4. The average Bonchev–Trinajstić information content (AvgIpc) is 2.77. The van der Waals surface area contributed by atoms with Crippen LogP contribution < -0.4 is 0 Å². The monoisotopic (exact) mass is 511 g/mol. The SMILES string of the molecule is CCOC(=O)c1c(Br)cc(-c2nccc3cc(Cl)ccc23)cc1SCc1ccccc1. The number of aromatic nitrogens is 1. The lowest BCUT2D eigenvalue weighted by atomic mass is 10.0. The first-order valence-corrected chi connectivity index (χ1v) is 11.9. The van der Waals surface area contributed by atoms with Crippen molar-refractivity contribution in [1.29, 1.82) is 0 Å². The molecule has 0 aliphatic carbocycles. The zero-order valence-electron chi connectivity index (χ0n) is 16.8. The van der Waals surface area contributed by atoms with Crippen molar-refractivity contribution in [2.75, 3.05) is 6.61 Å². The molecule has 0 bridgehead atoms. The van der Waals surface area contributed by atoms with E-state index in [1.807, 2.05) is 61.5 Å². The molecule has 31 heavy (non-hydrogen) atoms. The summed E-state index contributed by atoms with van der Waals surface area (Å²) in [6, 6.07) is 21.8. The number of carbonyl (C=O) groups excluding carboxylic acids is 1. The number of benzene rings is 3. The Morgan fingerprint density at radius 3 is 2.68 bits per heavy atom. The first-order chi connectivity index (χ1) is 15.1. The minimum absolute atomic E-state index is 0.321. The van der Waals surface area contributed by atoms with Gasteiger partial charge < -0.3 is 4.74 Å². The number of esters is 1. The quantitative estimate of drug-likeness (QED) is 0.195. The summed E-state index contributed by atoms with van der Waals surface area (Å²) in [6.45, 7) is 2.13. The van der Waals surface area contributed by atoms with Crippen molar-refractivity contribution < 1.29 is 9.53 Å². The summed E-state index contributed by atoms with van der Waals surface area (Å²) in [6.07, 6.45) is 1.78. The van der Waals surface area contributed by atoms with E-state index in [4.69, 9.17) is 16.3 Å². The number of hydrogen-bond acceptors (Lipinski definition) is 4. The normalized spacial score (nSPS) is 10.9. The van der Waals surface area contributed by atoms with Gasteiger partial charge in [-0.25, -0.2) is 4.79 Å². The Labute approximate surface area is 198 Å². The fraction of sp³-hybridized carbons (Fsp3) is 0.120. The summed E-state index contributed by atoms with van der Waals surface area (Å²) in [5, 5.41) is 2.70. The van der Waals surface area contributed by atoms with Gasteiger partial charge in [0.1, 0.15) is 0 Å². The predicted octanol–water partition coefficient (Wildman–Crippen LogP) is 7.79. The van der Waals surface area contributed by atoms with Gasteiger partial charge in [0.05, 0.1) is 17.9 Å². The maximum Gasteiger partial charge on any atom is 0.340 e. The van der Waals surface area contributed by atoms with Gasteiger partial charge >= 0.3 is 5.97 Å². The van der Waals surface area contributed by atoms with Crippen molar-refractivity contribution in [3.05, 3.63) is 93.5 Å². The average molecular weight is 513 g/mol. The van der Waals surface area contributed by atoms with E-state index in [0.717, 1.165) is 32.7 Å². The molecule has 3 aromatic carbocycles. The Bertz CT molecular complexity index is 1250. The minimum Gasteiger partial charge on any atom is -0.462 e. The maximum atomic E-state index is 12.7. The zero-order valence-corrected chi connectivity index (χ0v) is 19.9. The molecule has 4 rings (SSSR count). The molecule has 4 aromatic rings. The maximum absolute atomic E-state index is 12.7. The van der Waals surface area contributed by atoms with E-state index in [1.54, 1.807) is 18.0 Å². The van der Waals surface area contributed by atoms with Gasteiger partial charge in [-0.1, -0.05) is 48.0 Å². The Hall–Kier alpha value is -2.34. The molecule has 0 fully saturated rings. The van der Waals surface area contributed by atoms with Crippen molar-refractivity contribution in [3.63, 3.8) is 0 Å². The van der Waals surface area contributed by atoms with E-state index in [0.29, 0.717) is 21.7 Å². The molecule has 6 heteroatoms. The van der Waals surface area contributed by atoms with Gasteiger partial charge in [-0.3, -0.25) is 4.98 Å². The van der Waals surface area contributed by atoms with Gasteiger partial charge in [0.15, 0.2) is 0 Å². The first-order valence-electron chi connectivity index (χ1n) is 9.79. The number of carbonyl (C=O) groups is 1. The van der Waals surface area contributed by atoms with Crippen molar-refractivity contribution >= 4 is 56.0 Å². The lowest BCUT2D eigenvalue weighted by molar-refractivity contribution is 0.0521. The predicted molar refractivity (Wildman–Crippen MR) is 132 cm³/mol. The molecule has 3 nitrogen and oxygen atoms in total. The summed E-state index contributed by atoms with van der Waals surface area (Å²) in [4.78, 5) is 18.2. The number of rotatable bonds is 6. The highest BCUT2D eigenvalue weighted by molar-refractivity contribution is 9.10. The third-order valence-corrected chi connectivity index (χ3v) is 6.74. The highest BCUT2D eigenvalue weighted by atomic mass is 79.9. The molecule has 0 atom stereocenters. The minimum atomic E-state index is -0.339. The lowest BCUT2D eigenvalue weighted by Gasteiger charge is -2.14. The van der Waals surface area contributed by atoms with Gasteiger partial charge in [0, 0.05) is 37.3 Å². The van der Waals surface area contributed by atoms with Crippen LogP contribution in [0.4, 0.5) is 0 Å². The molecule has 156 valence electrons.